The second-order valence-electron chi connectivity index (χ2n) is 4.11. The SMILES string of the molecule is Nc1c(F)c(F)c(F)c(F)c1Nc1c(F)c(F)c(F)c(F)c1F. The molecule has 11 heteroatoms. The number of nitrogens with two attached hydrogens (primary N) is 1. The van der Waals surface area contributed by atoms with E-state index >= 15 is 0 Å². The summed E-state index contributed by atoms with van der Waals surface area (Å²) in [5.74, 6) is -21.2. The lowest BCUT2D eigenvalue weighted by Crippen LogP contribution is -2.12. The zero-order valence-corrected chi connectivity index (χ0v) is 10.5. The minimum Gasteiger partial charge on any atom is -0.394 e. The van der Waals surface area contributed by atoms with Crippen LogP contribution in [0.25, 0.3) is 0 Å². The molecule has 0 aliphatic heterocycles. The van der Waals surface area contributed by atoms with E-state index in [1.165, 1.54) is 5.32 Å². The van der Waals surface area contributed by atoms with Crippen molar-refractivity contribution in [1.82, 2.24) is 0 Å². The van der Waals surface area contributed by atoms with Gasteiger partial charge in [0.1, 0.15) is 11.4 Å². The molecule has 0 aliphatic rings. The van der Waals surface area contributed by atoms with Gasteiger partial charge in [-0.3, -0.25) is 0 Å². The Morgan fingerprint density at radius 2 is 0.739 bits per heavy atom. The van der Waals surface area contributed by atoms with Gasteiger partial charge in [0.25, 0.3) is 0 Å². The molecule has 2 aromatic rings. The molecule has 0 fully saturated rings. The maximum absolute atomic E-state index is 13.5. The van der Waals surface area contributed by atoms with Crippen molar-refractivity contribution < 1.29 is 39.5 Å². The summed E-state index contributed by atoms with van der Waals surface area (Å²) >= 11 is 0. The molecule has 124 valence electrons. The number of anilines is 3. The highest BCUT2D eigenvalue weighted by molar-refractivity contribution is 5.74. The molecule has 0 unspecified atom stereocenters. The number of hydrogen-bond acceptors (Lipinski definition) is 2. The summed E-state index contributed by atoms with van der Waals surface area (Å²) in [4.78, 5) is 0. The fourth-order valence-corrected chi connectivity index (χ4v) is 1.61. The minimum absolute atomic E-state index is 1.25. The third kappa shape index (κ3) is 2.41. The normalized spacial score (nSPS) is 11.0. The topological polar surface area (TPSA) is 38.0 Å². The molecule has 0 amide bonds. The van der Waals surface area contributed by atoms with E-state index in [1.807, 2.05) is 0 Å². The quantitative estimate of drug-likeness (QED) is 0.369. The molecule has 0 spiro atoms. The van der Waals surface area contributed by atoms with Crippen LogP contribution >= 0.6 is 0 Å². The highest BCUT2D eigenvalue weighted by atomic mass is 19.2. The minimum atomic E-state index is -2.50. The summed E-state index contributed by atoms with van der Waals surface area (Å²) < 4.78 is 118. The first-order valence-corrected chi connectivity index (χ1v) is 5.49. The summed E-state index contributed by atoms with van der Waals surface area (Å²) in [5, 5.41) is 1.25. The fraction of sp³-hybridized carbons (Fsp3) is 0. The molecule has 0 saturated carbocycles. The fourth-order valence-electron chi connectivity index (χ4n) is 1.61. The van der Waals surface area contributed by atoms with Gasteiger partial charge in [0.2, 0.25) is 5.82 Å². The van der Waals surface area contributed by atoms with Crippen molar-refractivity contribution in [2.75, 3.05) is 11.1 Å². The predicted molar refractivity (Wildman–Crippen MR) is 60.2 cm³/mol. The van der Waals surface area contributed by atoms with Crippen LogP contribution in [-0.2, 0) is 0 Å². The van der Waals surface area contributed by atoms with Crippen molar-refractivity contribution >= 4 is 17.1 Å². The molecule has 2 rings (SSSR count). The van der Waals surface area contributed by atoms with Crippen LogP contribution in [0.5, 0.6) is 0 Å². The summed E-state index contributed by atoms with van der Waals surface area (Å²) in [6, 6.07) is 0. The number of hydrogen-bond donors (Lipinski definition) is 2. The number of benzene rings is 2. The molecule has 0 heterocycles. The van der Waals surface area contributed by atoms with Gasteiger partial charge in [0.15, 0.2) is 46.5 Å². The first kappa shape index (κ1) is 16.8. The third-order valence-electron chi connectivity index (χ3n) is 2.76. The van der Waals surface area contributed by atoms with Crippen molar-refractivity contribution in [2.24, 2.45) is 0 Å². The van der Waals surface area contributed by atoms with Crippen LogP contribution in [0.2, 0.25) is 0 Å². The third-order valence-corrected chi connectivity index (χ3v) is 2.76. The lowest BCUT2D eigenvalue weighted by Gasteiger charge is -2.14. The van der Waals surface area contributed by atoms with Crippen molar-refractivity contribution in [1.29, 1.82) is 0 Å². The Kier molecular flexibility index (Phi) is 4.05. The van der Waals surface area contributed by atoms with Crippen LogP contribution < -0.4 is 11.1 Å². The van der Waals surface area contributed by atoms with Crippen LogP contribution in [0.1, 0.15) is 0 Å². The van der Waals surface area contributed by atoms with Crippen molar-refractivity contribution in [3.8, 4) is 0 Å². The maximum atomic E-state index is 13.5. The highest BCUT2D eigenvalue weighted by Crippen LogP contribution is 2.36. The Hall–Kier alpha value is -2.59. The van der Waals surface area contributed by atoms with Crippen molar-refractivity contribution in [3.05, 3.63) is 52.4 Å². The number of nitrogens with one attached hydrogen (secondary N) is 1. The van der Waals surface area contributed by atoms with E-state index in [2.05, 4.69) is 0 Å². The molecule has 0 bridgehead atoms. The Morgan fingerprint density at radius 3 is 1.17 bits per heavy atom. The Bertz CT molecular complexity index is 694. The lowest BCUT2D eigenvalue weighted by atomic mass is 10.2. The molecule has 2 aromatic carbocycles. The van der Waals surface area contributed by atoms with Gasteiger partial charge in [-0.15, -0.1) is 0 Å². The monoisotopic (exact) mass is 346 g/mol. The van der Waals surface area contributed by atoms with Crippen LogP contribution in [-0.4, -0.2) is 0 Å². The molecular weight excluding hydrogens is 343 g/mol. The first-order valence-electron chi connectivity index (χ1n) is 5.49. The van der Waals surface area contributed by atoms with E-state index < -0.39 is 69.4 Å². The van der Waals surface area contributed by atoms with E-state index in [0.29, 0.717) is 0 Å². The Labute approximate surface area is 121 Å². The van der Waals surface area contributed by atoms with E-state index in [0.717, 1.165) is 0 Å². The van der Waals surface area contributed by atoms with Gasteiger partial charge in [0, 0.05) is 0 Å². The average Bonchev–Trinajstić information content (AvgIpc) is 2.54. The predicted octanol–water partition coefficient (Wildman–Crippen LogP) is 4.26. The largest absolute Gasteiger partial charge is 0.394 e. The molecule has 23 heavy (non-hydrogen) atoms. The van der Waals surface area contributed by atoms with Gasteiger partial charge in [-0.1, -0.05) is 0 Å². The van der Waals surface area contributed by atoms with E-state index in [-0.39, 0.29) is 0 Å². The standard InChI is InChI=1S/C12H3F9N2/c13-1-3(15)7(19)11(8(20)4(1)16)23-12-9(21)5(17)2(14)6(18)10(12)22/h23H,22H2. The summed E-state index contributed by atoms with van der Waals surface area (Å²) in [6.07, 6.45) is 0. The van der Waals surface area contributed by atoms with Gasteiger partial charge < -0.3 is 11.1 Å². The number of nitrogen functional groups attached to an aromatic ring is 1. The second kappa shape index (κ2) is 5.56. The molecule has 0 atom stereocenters. The number of rotatable bonds is 2. The Balaban J connectivity index is 2.71. The van der Waals surface area contributed by atoms with Gasteiger partial charge >= 0.3 is 0 Å². The van der Waals surface area contributed by atoms with Crippen molar-refractivity contribution in [3.63, 3.8) is 0 Å². The summed E-state index contributed by atoms with van der Waals surface area (Å²) in [6.45, 7) is 0. The molecular formula is C12H3F9N2. The molecule has 0 radical (unpaired) electrons. The van der Waals surface area contributed by atoms with E-state index in [9.17, 15) is 39.5 Å². The van der Waals surface area contributed by atoms with Gasteiger partial charge in [-0.05, 0) is 0 Å². The molecule has 0 aromatic heterocycles. The lowest BCUT2D eigenvalue weighted by molar-refractivity contribution is 0.381. The van der Waals surface area contributed by atoms with Crippen LogP contribution in [0.3, 0.4) is 0 Å². The van der Waals surface area contributed by atoms with Crippen LogP contribution in [0.15, 0.2) is 0 Å². The van der Waals surface area contributed by atoms with Gasteiger partial charge in [-0.2, -0.15) is 0 Å². The number of halogens is 9. The smallest absolute Gasteiger partial charge is 0.200 e. The van der Waals surface area contributed by atoms with Crippen LogP contribution in [0.4, 0.5) is 56.6 Å². The summed E-state index contributed by atoms with van der Waals surface area (Å²) in [7, 11) is 0. The highest BCUT2D eigenvalue weighted by Gasteiger charge is 2.29. The average molecular weight is 346 g/mol. The maximum Gasteiger partial charge on any atom is 0.200 e. The Morgan fingerprint density at radius 1 is 0.435 bits per heavy atom. The zero-order valence-electron chi connectivity index (χ0n) is 10.5. The molecule has 3 N–H and O–H groups in total. The van der Waals surface area contributed by atoms with E-state index in [4.69, 9.17) is 5.73 Å². The second-order valence-corrected chi connectivity index (χ2v) is 4.11. The van der Waals surface area contributed by atoms with E-state index in [1.54, 1.807) is 0 Å². The van der Waals surface area contributed by atoms with Gasteiger partial charge in [0.05, 0.1) is 5.69 Å². The summed E-state index contributed by atoms with van der Waals surface area (Å²) in [5.41, 5.74) is 0.0900. The van der Waals surface area contributed by atoms with Crippen molar-refractivity contribution in [2.45, 2.75) is 0 Å². The van der Waals surface area contributed by atoms with Crippen LogP contribution in [0, 0.1) is 52.4 Å². The molecule has 2 nitrogen and oxygen atoms in total. The zero-order chi connectivity index (χ0) is 17.6. The van der Waals surface area contributed by atoms with Gasteiger partial charge in [-0.25, -0.2) is 39.5 Å². The molecule has 0 saturated heterocycles. The first-order chi connectivity index (χ1) is 10.6. The molecule has 0 aliphatic carbocycles.